The fourth-order valence-electron chi connectivity index (χ4n) is 1.92. The van der Waals surface area contributed by atoms with Gasteiger partial charge in [0, 0.05) is 39.6 Å². The molecule has 2 nitrogen and oxygen atoms in total. The number of nitrogens with zero attached hydrogens (tertiary/aromatic N) is 2. The highest BCUT2D eigenvalue weighted by Gasteiger charge is 2.01. The molecule has 94 valence electrons. The van der Waals surface area contributed by atoms with Crippen molar-refractivity contribution in [2.24, 2.45) is 0 Å². The van der Waals surface area contributed by atoms with Gasteiger partial charge in [-0.2, -0.15) is 0 Å². The quantitative estimate of drug-likeness (QED) is 0.810. The summed E-state index contributed by atoms with van der Waals surface area (Å²) in [7, 11) is 8.24. The van der Waals surface area contributed by atoms with Gasteiger partial charge in [0.2, 0.25) is 0 Å². The topological polar surface area (TPSA) is 6.48 Å². The van der Waals surface area contributed by atoms with Gasteiger partial charge in [0.25, 0.3) is 0 Å². The van der Waals surface area contributed by atoms with Gasteiger partial charge in [-0.15, -0.1) is 0 Å². The largest absolute Gasteiger partial charge is 0.378 e. The first-order valence-electron chi connectivity index (χ1n) is 6.13. The Kier molecular flexibility index (Phi) is 3.56. The van der Waals surface area contributed by atoms with Crippen LogP contribution in [0.2, 0.25) is 0 Å². The molecule has 0 atom stereocenters. The van der Waals surface area contributed by atoms with Crippen LogP contribution < -0.4 is 9.80 Å². The molecule has 0 saturated carbocycles. The van der Waals surface area contributed by atoms with Crippen LogP contribution >= 0.6 is 0 Å². The Morgan fingerprint density at radius 1 is 0.611 bits per heavy atom. The van der Waals surface area contributed by atoms with E-state index in [4.69, 9.17) is 0 Å². The number of hydrogen-bond acceptors (Lipinski definition) is 2. The molecular formula is C16H20N2. The van der Waals surface area contributed by atoms with E-state index in [-0.39, 0.29) is 0 Å². The van der Waals surface area contributed by atoms with Crippen molar-refractivity contribution >= 4 is 11.4 Å². The van der Waals surface area contributed by atoms with Crippen molar-refractivity contribution in [1.82, 2.24) is 0 Å². The van der Waals surface area contributed by atoms with E-state index in [0.29, 0.717) is 0 Å². The zero-order valence-electron chi connectivity index (χ0n) is 11.5. The maximum absolute atomic E-state index is 2.21. The lowest BCUT2D eigenvalue weighted by molar-refractivity contribution is 1.13. The first-order chi connectivity index (χ1) is 8.58. The van der Waals surface area contributed by atoms with Crippen molar-refractivity contribution in [3.05, 3.63) is 48.5 Å². The summed E-state index contributed by atoms with van der Waals surface area (Å²) in [6, 6.07) is 17.2. The molecule has 0 unspecified atom stereocenters. The Balaban J connectivity index is 2.33. The van der Waals surface area contributed by atoms with Crippen LogP contribution in [-0.4, -0.2) is 28.2 Å². The predicted octanol–water partition coefficient (Wildman–Crippen LogP) is 3.49. The standard InChI is InChI=1S/C16H20N2/c1-17(2)15-10-8-13(9-11-15)14-6-5-7-16(12-14)18(3)4/h5-12H,1-4H3. The van der Waals surface area contributed by atoms with Crippen molar-refractivity contribution in [3.8, 4) is 11.1 Å². The lowest BCUT2D eigenvalue weighted by Crippen LogP contribution is -2.08. The van der Waals surface area contributed by atoms with Crippen LogP contribution in [0.5, 0.6) is 0 Å². The van der Waals surface area contributed by atoms with Crippen LogP contribution in [0.4, 0.5) is 11.4 Å². The molecule has 0 N–H and O–H groups in total. The summed E-state index contributed by atoms with van der Waals surface area (Å²) < 4.78 is 0. The van der Waals surface area contributed by atoms with E-state index in [2.05, 4.69) is 86.5 Å². The van der Waals surface area contributed by atoms with Gasteiger partial charge >= 0.3 is 0 Å². The lowest BCUT2D eigenvalue weighted by atomic mass is 10.0. The third-order valence-corrected chi connectivity index (χ3v) is 3.08. The number of rotatable bonds is 3. The molecule has 2 aromatic rings. The number of benzene rings is 2. The molecule has 0 aliphatic carbocycles. The maximum atomic E-state index is 2.21. The molecule has 0 bridgehead atoms. The zero-order chi connectivity index (χ0) is 13.1. The second kappa shape index (κ2) is 5.13. The maximum Gasteiger partial charge on any atom is 0.0367 e. The van der Waals surface area contributed by atoms with Crippen molar-refractivity contribution in [3.63, 3.8) is 0 Å². The summed E-state index contributed by atoms with van der Waals surface area (Å²) >= 11 is 0. The van der Waals surface area contributed by atoms with E-state index in [1.54, 1.807) is 0 Å². The summed E-state index contributed by atoms with van der Waals surface area (Å²) in [6.45, 7) is 0. The summed E-state index contributed by atoms with van der Waals surface area (Å²) in [5.41, 5.74) is 4.96. The average Bonchev–Trinajstić information content (AvgIpc) is 2.39. The van der Waals surface area contributed by atoms with Crippen LogP contribution in [0.15, 0.2) is 48.5 Å². The van der Waals surface area contributed by atoms with Crippen molar-refractivity contribution < 1.29 is 0 Å². The molecule has 0 amide bonds. The monoisotopic (exact) mass is 240 g/mol. The molecule has 2 rings (SSSR count). The summed E-state index contributed by atoms with van der Waals surface area (Å²) in [4.78, 5) is 4.23. The second-order valence-electron chi connectivity index (χ2n) is 4.89. The molecule has 0 aliphatic heterocycles. The van der Waals surface area contributed by atoms with Gasteiger partial charge in [-0.05, 0) is 35.4 Å². The van der Waals surface area contributed by atoms with Crippen LogP contribution in [0.25, 0.3) is 11.1 Å². The molecule has 0 aromatic heterocycles. The number of hydrogen-bond donors (Lipinski definition) is 0. The Morgan fingerprint density at radius 3 is 1.78 bits per heavy atom. The highest BCUT2D eigenvalue weighted by atomic mass is 15.1. The minimum atomic E-state index is 1.22. The first-order valence-corrected chi connectivity index (χ1v) is 6.13. The minimum absolute atomic E-state index is 1.22. The molecule has 0 heterocycles. The van der Waals surface area contributed by atoms with Gasteiger partial charge in [-0.1, -0.05) is 24.3 Å². The second-order valence-corrected chi connectivity index (χ2v) is 4.89. The van der Waals surface area contributed by atoms with Gasteiger partial charge < -0.3 is 9.80 Å². The summed E-state index contributed by atoms with van der Waals surface area (Å²) in [6.07, 6.45) is 0. The minimum Gasteiger partial charge on any atom is -0.378 e. The average molecular weight is 240 g/mol. The molecule has 0 fully saturated rings. The molecule has 2 aromatic carbocycles. The summed E-state index contributed by atoms with van der Waals surface area (Å²) in [5, 5.41) is 0. The third-order valence-electron chi connectivity index (χ3n) is 3.08. The van der Waals surface area contributed by atoms with E-state index < -0.39 is 0 Å². The van der Waals surface area contributed by atoms with Gasteiger partial charge in [-0.25, -0.2) is 0 Å². The van der Waals surface area contributed by atoms with Gasteiger partial charge in [0.1, 0.15) is 0 Å². The fourth-order valence-corrected chi connectivity index (χ4v) is 1.92. The SMILES string of the molecule is CN(C)c1ccc(-c2cccc(N(C)C)c2)cc1. The fraction of sp³-hybridized carbons (Fsp3) is 0.250. The molecular weight excluding hydrogens is 220 g/mol. The first kappa shape index (κ1) is 12.5. The predicted molar refractivity (Wildman–Crippen MR) is 80.5 cm³/mol. The van der Waals surface area contributed by atoms with Crippen molar-refractivity contribution in [2.75, 3.05) is 38.0 Å². The lowest BCUT2D eigenvalue weighted by Gasteiger charge is -2.15. The Bertz CT molecular complexity index is 513. The highest BCUT2D eigenvalue weighted by Crippen LogP contribution is 2.25. The van der Waals surface area contributed by atoms with Gasteiger partial charge in [-0.3, -0.25) is 0 Å². The van der Waals surface area contributed by atoms with Crippen LogP contribution in [0.1, 0.15) is 0 Å². The van der Waals surface area contributed by atoms with E-state index >= 15 is 0 Å². The molecule has 0 radical (unpaired) electrons. The highest BCUT2D eigenvalue weighted by molar-refractivity contribution is 5.70. The Hall–Kier alpha value is -1.96. The van der Waals surface area contributed by atoms with Gasteiger partial charge in [0.15, 0.2) is 0 Å². The Morgan fingerprint density at radius 2 is 1.22 bits per heavy atom. The molecule has 18 heavy (non-hydrogen) atoms. The third kappa shape index (κ3) is 2.65. The van der Waals surface area contributed by atoms with E-state index in [9.17, 15) is 0 Å². The number of anilines is 2. The summed E-state index contributed by atoms with van der Waals surface area (Å²) in [5.74, 6) is 0. The molecule has 2 heteroatoms. The Labute approximate surface area is 109 Å². The molecule has 0 spiro atoms. The normalized spacial score (nSPS) is 10.2. The smallest absolute Gasteiger partial charge is 0.0367 e. The van der Waals surface area contributed by atoms with E-state index in [0.717, 1.165) is 0 Å². The zero-order valence-corrected chi connectivity index (χ0v) is 11.5. The molecule has 0 aliphatic rings. The van der Waals surface area contributed by atoms with Crippen LogP contribution in [-0.2, 0) is 0 Å². The van der Waals surface area contributed by atoms with E-state index in [1.807, 2.05) is 0 Å². The van der Waals surface area contributed by atoms with E-state index in [1.165, 1.54) is 22.5 Å². The van der Waals surface area contributed by atoms with Crippen molar-refractivity contribution in [2.45, 2.75) is 0 Å². The molecule has 0 saturated heterocycles. The van der Waals surface area contributed by atoms with Crippen molar-refractivity contribution in [1.29, 1.82) is 0 Å². The van der Waals surface area contributed by atoms with Crippen LogP contribution in [0, 0.1) is 0 Å². The van der Waals surface area contributed by atoms with Crippen LogP contribution in [0.3, 0.4) is 0 Å². The van der Waals surface area contributed by atoms with Gasteiger partial charge in [0.05, 0.1) is 0 Å².